The second kappa shape index (κ2) is 6.22. The number of aromatic nitrogens is 2. The molecule has 0 fully saturated rings. The third kappa shape index (κ3) is 3.37. The number of halogens is 2. The van der Waals surface area contributed by atoms with Crippen molar-refractivity contribution in [2.24, 2.45) is 0 Å². The molecule has 0 unspecified atom stereocenters. The van der Waals surface area contributed by atoms with Gasteiger partial charge in [0.1, 0.15) is 11.6 Å². The Morgan fingerprint density at radius 2 is 1.89 bits per heavy atom. The molecule has 0 radical (unpaired) electrons. The van der Waals surface area contributed by atoms with E-state index >= 15 is 0 Å². The molecule has 1 aromatic heterocycles. The van der Waals surface area contributed by atoms with Gasteiger partial charge in [-0.3, -0.25) is 0 Å². The van der Waals surface area contributed by atoms with Crippen LogP contribution in [0.5, 0.6) is 0 Å². The number of nitrogens with zero attached hydrogens (tertiary/aromatic N) is 2. The monoisotopic (exact) mass is 295 g/mol. The molecule has 0 atom stereocenters. The summed E-state index contributed by atoms with van der Waals surface area (Å²) in [6.45, 7) is 4.86. The van der Waals surface area contributed by atoms with Gasteiger partial charge < -0.3 is 5.32 Å². The Labute approximate surface area is 123 Å². The molecular formula is C14H15Cl2N3. The summed E-state index contributed by atoms with van der Waals surface area (Å²) >= 11 is 12.2. The molecule has 19 heavy (non-hydrogen) atoms. The number of benzene rings is 1. The van der Waals surface area contributed by atoms with E-state index in [2.05, 4.69) is 15.3 Å². The molecule has 1 N–H and O–H groups in total. The average Bonchev–Trinajstić information content (AvgIpc) is 2.41. The van der Waals surface area contributed by atoms with Gasteiger partial charge in [-0.15, -0.1) is 0 Å². The van der Waals surface area contributed by atoms with Crippen molar-refractivity contribution >= 4 is 29.0 Å². The predicted octanol–water partition coefficient (Wildman–Crippen LogP) is 4.44. The van der Waals surface area contributed by atoms with Gasteiger partial charge in [-0.05, 0) is 25.1 Å². The molecule has 0 aliphatic heterocycles. The minimum Gasteiger partial charge on any atom is -0.370 e. The fourth-order valence-electron chi connectivity index (χ4n) is 1.76. The van der Waals surface area contributed by atoms with Crippen molar-refractivity contribution in [1.29, 1.82) is 0 Å². The topological polar surface area (TPSA) is 37.8 Å². The lowest BCUT2D eigenvalue weighted by atomic mass is 10.1. The molecule has 0 aliphatic rings. The molecule has 0 aliphatic carbocycles. The Balaban J connectivity index is 2.54. The van der Waals surface area contributed by atoms with Crippen molar-refractivity contribution in [3.05, 3.63) is 40.1 Å². The molecule has 100 valence electrons. The molecule has 0 amide bonds. The maximum Gasteiger partial charge on any atom is 0.131 e. The lowest BCUT2D eigenvalue weighted by molar-refractivity contribution is 0.939. The summed E-state index contributed by atoms with van der Waals surface area (Å²) in [4.78, 5) is 8.93. The van der Waals surface area contributed by atoms with Crippen LogP contribution in [0, 0.1) is 0 Å². The van der Waals surface area contributed by atoms with Gasteiger partial charge in [0.25, 0.3) is 0 Å². The summed E-state index contributed by atoms with van der Waals surface area (Å²) in [6, 6.07) is 7.25. The minimum absolute atomic E-state index is 0.632. The minimum atomic E-state index is 0.632. The van der Waals surface area contributed by atoms with Crippen molar-refractivity contribution in [3.8, 4) is 11.3 Å². The number of anilines is 1. The van der Waals surface area contributed by atoms with E-state index in [1.807, 2.05) is 26.0 Å². The molecule has 0 saturated heterocycles. The van der Waals surface area contributed by atoms with Gasteiger partial charge in [0, 0.05) is 29.6 Å². The van der Waals surface area contributed by atoms with Crippen molar-refractivity contribution in [1.82, 2.24) is 9.97 Å². The number of hydrogen-bond donors (Lipinski definition) is 1. The first-order valence-electron chi connectivity index (χ1n) is 6.21. The molecule has 3 nitrogen and oxygen atoms in total. The number of aryl methyl sites for hydroxylation is 1. The van der Waals surface area contributed by atoms with E-state index in [4.69, 9.17) is 23.2 Å². The summed E-state index contributed by atoms with van der Waals surface area (Å²) in [5.41, 5.74) is 1.61. The Bertz CT molecular complexity index is 585. The molecule has 2 aromatic rings. The standard InChI is InChI=1S/C14H15Cl2N3/c1-3-13-18-12(8-14(19-13)17-4-2)10-7-9(15)5-6-11(10)16/h5-8H,3-4H2,1-2H3,(H,17,18,19). The molecular weight excluding hydrogens is 281 g/mol. The summed E-state index contributed by atoms with van der Waals surface area (Å²) < 4.78 is 0. The Hall–Kier alpha value is -1.32. The van der Waals surface area contributed by atoms with Gasteiger partial charge in [0.05, 0.1) is 10.7 Å². The van der Waals surface area contributed by atoms with Gasteiger partial charge in [-0.25, -0.2) is 9.97 Å². The average molecular weight is 296 g/mol. The third-order valence-electron chi connectivity index (χ3n) is 2.65. The normalized spacial score (nSPS) is 10.5. The number of nitrogens with one attached hydrogen (secondary N) is 1. The molecule has 1 heterocycles. The van der Waals surface area contributed by atoms with Gasteiger partial charge in [-0.2, -0.15) is 0 Å². The number of rotatable bonds is 4. The molecule has 5 heteroatoms. The zero-order valence-electron chi connectivity index (χ0n) is 10.9. The zero-order valence-corrected chi connectivity index (χ0v) is 12.4. The Morgan fingerprint density at radius 3 is 2.58 bits per heavy atom. The van der Waals surface area contributed by atoms with Crippen LogP contribution in [0.4, 0.5) is 5.82 Å². The van der Waals surface area contributed by atoms with Crippen LogP contribution in [-0.2, 0) is 6.42 Å². The van der Waals surface area contributed by atoms with Crippen LogP contribution in [-0.4, -0.2) is 16.5 Å². The van der Waals surface area contributed by atoms with E-state index in [1.165, 1.54) is 0 Å². The number of hydrogen-bond acceptors (Lipinski definition) is 3. The smallest absolute Gasteiger partial charge is 0.131 e. The summed E-state index contributed by atoms with van der Waals surface area (Å²) in [5.74, 6) is 1.59. The van der Waals surface area contributed by atoms with E-state index in [0.29, 0.717) is 10.0 Å². The van der Waals surface area contributed by atoms with E-state index in [-0.39, 0.29) is 0 Å². The van der Waals surface area contributed by atoms with Gasteiger partial charge in [0.2, 0.25) is 0 Å². The Morgan fingerprint density at radius 1 is 1.11 bits per heavy atom. The maximum atomic E-state index is 6.22. The molecule has 1 aromatic carbocycles. The van der Waals surface area contributed by atoms with E-state index in [9.17, 15) is 0 Å². The lowest BCUT2D eigenvalue weighted by Crippen LogP contribution is -2.04. The predicted molar refractivity (Wildman–Crippen MR) is 81.0 cm³/mol. The van der Waals surface area contributed by atoms with Crippen molar-refractivity contribution in [2.45, 2.75) is 20.3 Å². The van der Waals surface area contributed by atoms with Gasteiger partial charge in [-0.1, -0.05) is 30.1 Å². The second-order valence-electron chi connectivity index (χ2n) is 4.06. The molecule has 2 rings (SSSR count). The molecule has 0 spiro atoms. The van der Waals surface area contributed by atoms with Crippen LogP contribution < -0.4 is 5.32 Å². The summed E-state index contributed by atoms with van der Waals surface area (Å²) in [6.07, 6.45) is 0.768. The van der Waals surface area contributed by atoms with Gasteiger partial charge >= 0.3 is 0 Å². The first-order chi connectivity index (χ1) is 9.13. The third-order valence-corrected chi connectivity index (χ3v) is 3.22. The van der Waals surface area contributed by atoms with Crippen LogP contribution in [0.25, 0.3) is 11.3 Å². The first kappa shape index (κ1) is 14.1. The van der Waals surface area contributed by atoms with Crippen LogP contribution in [0.2, 0.25) is 10.0 Å². The fraction of sp³-hybridized carbons (Fsp3) is 0.286. The zero-order chi connectivity index (χ0) is 13.8. The van der Waals surface area contributed by atoms with Crippen LogP contribution in [0.15, 0.2) is 24.3 Å². The Kier molecular flexibility index (Phi) is 4.61. The van der Waals surface area contributed by atoms with Crippen LogP contribution in [0.3, 0.4) is 0 Å². The quantitative estimate of drug-likeness (QED) is 0.906. The van der Waals surface area contributed by atoms with Crippen LogP contribution >= 0.6 is 23.2 Å². The van der Waals surface area contributed by atoms with Gasteiger partial charge in [0.15, 0.2) is 0 Å². The van der Waals surface area contributed by atoms with Crippen LogP contribution in [0.1, 0.15) is 19.7 Å². The highest BCUT2D eigenvalue weighted by atomic mass is 35.5. The fourth-order valence-corrected chi connectivity index (χ4v) is 2.15. The maximum absolute atomic E-state index is 6.22. The van der Waals surface area contributed by atoms with E-state index in [1.54, 1.807) is 12.1 Å². The largest absolute Gasteiger partial charge is 0.370 e. The highest BCUT2D eigenvalue weighted by Gasteiger charge is 2.09. The molecule has 0 bridgehead atoms. The molecule has 0 saturated carbocycles. The van der Waals surface area contributed by atoms with E-state index < -0.39 is 0 Å². The first-order valence-corrected chi connectivity index (χ1v) is 6.97. The lowest BCUT2D eigenvalue weighted by Gasteiger charge is -2.09. The SMILES string of the molecule is CCNc1cc(-c2cc(Cl)ccc2Cl)nc(CC)n1. The summed E-state index contributed by atoms with van der Waals surface area (Å²) in [5, 5.41) is 4.47. The van der Waals surface area contributed by atoms with Crippen molar-refractivity contribution < 1.29 is 0 Å². The summed E-state index contributed by atoms with van der Waals surface area (Å²) in [7, 11) is 0. The highest BCUT2D eigenvalue weighted by molar-refractivity contribution is 6.35. The second-order valence-corrected chi connectivity index (χ2v) is 4.91. The van der Waals surface area contributed by atoms with Crippen molar-refractivity contribution in [3.63, 3.8) is 0 Å². The van der Waals surface area contributed by atoms with E-state index in [0.717, 1.165) is 35.9 Å². The van der Waals surface area contributed by atoms with Crippen molar-refractivity contribution in [2.75, 3.05) is 11.9 Å². The highest BCUT2D eigenvalue weighted by Crippen LogP contribution is 2.30.